The van der Waals surface area contributed by atoms with Crippen LogP contribution in [0.25, 0.3) is 0 Å². The summed E-state index contributed by atoms with van der Waals surface area (Å²) < 4.78 is 26.1. The molecule has 0 aliphatic carbocycles. The van der Waals surface area contributed by atoms with Gasteiger partial charge in [-0.2, -0.15) is 0 Å². The lowest BCUT2D eigenvalue weighted by Gasteiger charge is -2.20. The molecule has 1 rings (SSSR count). The quantitative estimate of drug-likeness (QED) is 0.726. The largest absolute Gasteiger partial charge is 0.398 e. The molecule has 0 aliphatic rings. The Morgan fingerprint density at radius 1 is 1.30 bits per heavy atom. The van der Waals surface area contributed by atoms with Gasteiger partial charge in [-0.3, -0.25) is 0 Å². The normalized spacial score (nSPS) is 12.1. The van der Waals surface area contributed by atoms with Crippen molar-refractivity contribution in [2.24, 2.45) is 0 Å². The number of hydrogen-bond donors (Lipinski definition) is 3. The van der Waals surface area contributed by atoms with Gasteiger partial charge in [-0.1, -0.05) is 11.6 Å². The molecule has 1 aromatic rings. The Bertz CT molecular complexity index is 636. The number of hydrogen-bond acceptors (Lipinski definition) is 4. The van der Waals surface area contributed by atoms with Gasteiger partial charge in [-0.25, -0.2) is 17.9 Å². The number of nitrogens with two attached hydrogens (primary N) is 1. The monoisotopic (exact) mass is 319 g/mol. The molecular formula is C12H18ClN3O3S. The Balaban J connectivity index is 3.07. The topological polar surface area (TPSA) is 101 Å². The number of benzene rings is 1. The van der Waals surface area contributed by atoms with Crippen LogP contribution in [-0.4, -0.2) is 20.0 Å². The fourth-order valence-corrected chi connectivity index (χ4v) is 2.94. The maximum Gasteiger partial charge on any atom is 0.329 e. The van der Waals surface area contributed by atoms with Gasteiger partial charge in [0.1, 0.15) is 4.90 Å². The fraction of sp³-hybridized carbons (Fsp3) is 0.417. The smallest absolute Gasteiger partial charge is 0.329 e. The Hall–Kier alpha value is -1.47. The van der Waals surface area contributed by atoms with Crippen LogP contribution >= 0.6 is 11.6 Å². The van der Waals surface area contributed by atoms with Gasteiger partial charge in [0.2, 0.25) is 0 Å². The molecule has 0 fully saturated rings. The second-order valence-corrected chi connectivity index (χ2v) is 7.51. The van der Waals surface area contributed by atoms with E-state index >= 15 is 0 Å². The molecule has 0 radical (unpaired) electrons. The van der Waals surface area contributed by atoms with Crippen molar-refractivity contribution in [3.8, 4) is 0 Å². The minimum Gasteiger partial charge on any atom is -0.398 e. The lowest BCUT2D eigenvalue weighted by Crippen LogP contribution is -2.48. The number of nitrogen functional groups attached to an aromatic ring is 1. The molecule has 8 heteroatoms. The van der Waals surface area contributed by atoms with E-state index in [0.29, 0.717) is 5.56 Å². The maximum absolute atomic E-state index is 12.1. The van der Waals surface area contributed by atoms with Crippen molar-refractivity contribution in [1.82, 2.24) is 10.0 Å². The van der Waals surface area contributed by atoms with E-state index in [-0.39, 0.29) is 15.6 Å². The van der Waals surface area contributed by atoms with Crippen molar-refractivity contribution in [1.29, 1.82) is 0 Å². The van der Waals surface area contributed by atoms with Crippen molar-refractivity contribution >= 4 is 33.3 Å². The molecule has 2 amide bonds. The molecule has 0 unspecified atom stereocenters. The average Bonchev–Trinajstić information content (AvgIpc) is 2.19. The molecule has 0 bridgehead atoms. The highest BCUT2D eigenvalue weighted by atomic mass is 35.5. The van der Waals surface area contributed by atoms with Crippen LogP contribution in [0, 0.1) is 6.92 Å². The summed E-state index contributed by atoms with van der Waals surface area (Å²) in [5, 5.41) is 2.49. The second kappa shape index (κ2) is 5.49. The summed E-state index contributed by atoms with van der Waals surface area (Å²) >= 11 is 5.90. The highest BCUT2D eigenvalue weighted by Crippen LogP contribution is 2.26. The summed E-state index contributed by atoms with van der Waals surface area (Å²) in [7, 11) is -4.08. The number of aryl methyl sites for hydroxylation is 1. The highest BCUT2D eigenvalue weighted by Gasteiger charge is 2.23. The van der Waals surface area contributed by atoms with Gasteiger partial charge in [0.15, 0.2) is 0 Å². The number of halogens is 1. The van der Waals surface area contributed by atoms with E-state index in [2.05, 4.69) is 5.32 Å². The predicted molar refractivity (Wildman–Crippen MR) is 79.2 cm³/mol. The van der Waals surface area contributed by atoms with Crippen LogP contribution in [0.15, 0.2) is 17.0 Å². The molecule has 20 heavy (non-hydrogen) atoms. The number of sulfonamides is 1. The van der Waals surface area contributed by atoms with Gasteiger partial charge in [0.25, 0.3) is 10.0 Å². The lowest BCUT2D eigenvalue weighted by atomic mass is 10.1. The third-order valence-corrected chi connectivity index (χ3v) is 4.12. The number of carbonyl (C=O) groups excluding carboxylic acids is 1. The molecule has 0 aromatic heterocycles. The van der Waals surface area contributed by atoms with Crippen LogP contribution in [-0.2, 0) is 10.0 Å². The van der Waals surface area contributed by atoms with Crippen molar-refractivity contribution in [2.45, 2.75) is 38.1 Å². The van der Waals surface area contributed by atoms with Crippen LogP contribution < -0.4 is 15.8 Å². The summed E-state index contributed by atoms with van der Waals surface area (Å²) in [4.78, 5) is 11.4. The number of urea groups is 1. The molecule has 0 saturated heterocycles. The van der Waals surface area contributed by atoms with Crippen molar-refractivity contribution in [2.75, 3.05) is 5.73 Å². The standard InChI is InChI=1S/C12H18ClN3O3S/c1-7-5-8(13)10(6-9(7)14)20(18,19)16-11(17)15-12(2,3)4/h5-6H,14H2,1-4H3,(H2,15,16,17). The summed E-state index contributed by atoms with van der Waals surface area (Å²) in [6.45, 7) is 6.90. The number of anilines is 1. The van der Waals surface area contributed by atoms with Gasteiger partial charge >= 0.3 is 6.03 Å². The van der Waals surface area contributed by atoms with E-state index in [1.165, 1.54) is 12.1 Å². The molecular weight excluding hydrogens is 302 g/mol. The molecule has 0 aliphatic heterocycles. The zero-order chi connectivity index (χ0) is 15.7. The Kier molecular flexibility index (Phi) is 4.55. The summed E-state index contributed by atoms with van der Waals surface area (Å²) in [6.07, 6.45) is 0. The van der Waals surface area contributed by atoms with E-state index < -0.39 is 21.6 Å². The van der Waals surface area contributed by atoms with Gasteiger partial charge in [-0.15, -0.1) is 0 Å². The zero-order valence-corrected chi connectivity index (χ0v) is 13.3. The van der Waals surface area contributed by atoms with E-state index in [1.54, 1.807) is 27.7 Å². The van der Waals surface area contributed by atoms with Crippen LogP contribution in [0.4, 0.5) is 10.5 Å². The molecule has 112 valence electrons. The first kappa shape index (κ1) is 16.6. The number of amides is 2. The van der Waals surface area contributed by atoms with Crippen LogP contribution in [0.3, 0.4) is 0 Å². The second-order valence-electron chi connectivity index (χ2n) is 5.45. The minimum absolute atomic E-state index is 0.00718. The molecule has 0 spiro atoms. The van der Waals surface area contributed by atoms with Gasteiger partial charge in [0.05, 0.1) is 5.02 Å². The summed E-state index contributed by atoms with van der Waals surface area (Å²) in [6, 6.07) is 1.84. The summed E-state index contributed by atoms with van der Waals surface area (Å²) in [5.41, 5.74) is 6.05. The van der Waals surface area contributed by atoms with Gasteiger partial charge in [-0.05, 0) is 45.4 Å². The van der Waals surface area contributed by atoms with Gasteiger partial charge in [0, 0.05) is 11.2 Å². The van der Waals surface area contributed by atoms with Crippen LogP contribution in [0.5, 0.6) is 0 Å². The van der Waals surface area contributed by atoms with Crippen molar-refractivity contribution in [3.05, 3.63) is 22.7 Å². The number of carbonyl (C=O) groups is 1. The van der Waals surface area contributed by atoms with E-state index in [9.17, 15) is 13.2 Å². The number of nitrogens with one attached hydrogen (secondary N) is 2. The Labute approximate surface area is 123 Å². The van der Waals surface area contributed by atoms with E-state index in [1.807, 2.05) is 4.72 Å². The third-order valence-electron chi connectivity index (χ3n) is 2.33. The first-order chi connectivity index (χ1) is 8.92. The Morgan fingerprint density at radius 3 is 2.35 bits per heavy atom. The van der Waals surface area contributed by atoms with E-state index in [0.717, 1.165) is 0 Å². The lowest BCUT2D eigenvalue weighted by molar-refractivity contribution is 0.237. The first-order valence-corrected chi connectivity index (χ1v) is 7.69. The SMILES string of the molecule is Cc1cc(Cl)c(S(=O)(=O)NC(=O)NC(C)(C)C)cc1N. The van der Waals surface area contributed by atoms with Crippen LogP contribution in [0.2, 0.25) is 5.02 Å². The summed E-state index contributed by atoms with van der Waals surface area (Å²) in [5.74, 6) is 0. The minimum atomic E-state index is -4.08. The molecule has 6 nitrogen and oxygen atoms in total. The third kappa shape index (κ3) is 4.28. The van der Waals surface area contributed by atoms with E-state index in [4.69, 9.17) is 17.3 Å². The van der Waals surface area contributed by atoms with Crippen molar-refractivity contribution in [3.63, 3.8) is 0 Å². The zero-order valence-electron chi connectivity index (χ0n) is 11.7. The molecule has 0 atom stereocenters. The Morgan fingerprint density at radius 2 is 1.85 bits per heavy atom. The number of rotatable bonds is 2. The van der Waals surface area contributed by atoms with Crippen molar-refractivity contribution < 1.29 is 13.2 Å². The molecule has 1 aromatic carbocycles. The highest BCUT2D eigenvalue weighted by molar-refractivity contribution is 7.90. The predicted octanol–water partition coefficient (Wildman–Crippen LogP) is 2.02. The van der Waals surface area contributed by atoms with Gasteiger partial charge < -0.3 is 11.1 Å². The average molecular weight is 320 g/mol. The first-order valence-electron chi connectivity index (χ1n) is 5.83. The molecule has 0 heterocycles. The fourth-order valence-electron chi connectivity index (χ4n) is 1.42. The molecule has 0 saturated carbocycles. The van der Waals surface area contributed by atoms with Crippen LogP contribution in [0.1, 0.15) is 26.3 Å². The maximum atomic E-state index is 12.1. The molecule has 4 N–H and O–H groups in total.